The number of rotatable bonds is 9. The maximum atomic E-state index is 14.5. The number of carbonyl (C=O) groups excluding carboxylic acids is 1. The summed E-state index contributed by atoms with van der Waals surface area (Å²) in [5, 5.41) is 28.2. The van der Waals surface area contributed by atoms with Gasteiger partial charge in [-0.25, -0.2) is 9.37 Å². The monoisotopic (exact) mass is 545 g/mol. The fraction of sp³-hybridized carbons (Fsp3) is 0.360. The number of nitrogens with one attached hydrogen (secondary N) is 3. The van der Waals surface area contributed by atoms with Crippen molar-refractivity contribution in [3.05, 3.63) is 53.4 Å². The number of aliphatic hydroxyl groups excluding tert-OH is 1. The smallest absolute Gasteiger partial charge is 0.239 e. The molecule has 0 aliphatic carbocycles. The second kappa shape index (κ2) is 12.6. The van der Waals surface area contributed by atoms with Crippen molar-refractivity contribution in [2.24, 2.45) is 0 Å². The van der Waals surface area contributed by atoms with E-state index in [0.717, 1.165) is 13.1 Å². The van der Waals surface area contributed by atoms with Gasteiger partial charge in [-0.05, 0) is 44.2 Å². The average molecular weight is 546 g/mol. The number of halogens is 2. The molecule has 2 atom stereocenters. The highest BCUT2D eigenvalue weighted by Gasteiger charge is 2.22. The number of amides is 1. The Kier molecular flexibility index (Phi) is 9.28. The van der Waals surface area contributed by atoms with E-state index in [0.29, 0.717) is 50.8 Å². The number of piperazine rings is 1. The van der Waals surface area contributed by atoms with Gasteiger partial charge in [0.25, 0.3) is 0 Å². The van der Waals surface area contributed by atoms with Crippen molar-refractivity contribution in [2.75, 3.05) is 42.6 Å². The first-order chi connectivity index (χ1) is 17.8. The molecule has 1 fully saturated rings. The molecule has 3 aromatic rings. The van der Waals surface area contributed by atoms with E-state index < -0.39 is 5.82 Å². The molecule has 4 rings (SSSR count). The molecular weight excluding hydrogens is 517 g/mol. The van der Waals surface area contributed by atoms with Crippen LogP contribution < -0.4 is 16.0 Å². The average Bonchev–Trinajstić information content (AvgIpc) is 2.84. The summed E-state index contributed by atoms with van der Waals surface area (Å²) < 4.78 is 14.5. The van der Waals surface area contributed by atoms with Crippen LogP contribution in [0.15, 0.2) is 47.6 Å². The van der Waals surface area contributed by atoms with Crippen LogP contribution in [0.2, 0.25) is 5.02 Å². The number of anilines is 3. The lowest BCUT2D eigenvalue weighted by Crippen LogP contribution is -2.55. The highest BCUT2D eigenvalue weighted by atomic mass is 35.5. The highest BCUT2D eigenvalue weighted by Crippen LogP contribution is 2.32. The summed E-state index contributed by atoms with van der Waals surface area (Å²) in [5.41, 5.74) is 1.74. The van der Waals surface area contributed by atoms with Gasteiger partial charge in [-0.15, -0.1) is 22.0 Å². The van der Waals surface area contributed by atoms with E-state index in [1.165, 1.54) is 30.0 Å². The van der Waals surface area contributed by atoms with Crippen molar-refractivity contribution in [3.63, 3.8) is 0 Å². The fourth-order valence-electron chi connectivity index (χ4n) is 4.23. The SMILES string of the molecule is C[C@@H]1CN(CC(=O)Nc2cc(Nc3cc(-c4cc(Cl)ccc4F)nnc3SCCO)ccn2)C[C@H](C)N1. The summed E-state index contributed by atoms with van der Waals surface area (Å²) in [7, 11) is 0. The molecule has 4 N–H and O–H groups in total. The zero-order valence-corrected chi connectivity index (χ0v) is 22.1. The first-order valence-electron chi connectivity index (χ1n) is 11.9. The summed E-state index contributed by atoms with van der Waals surface area (Å²) in [4.78, 5) is 19.1. The van der Waals surface area contributed by atoms with E-state index in [-0.39, 0.29) is 24.6 Å². The molecule has 12 heteroatoms. The Morgan fingerprint density at radius 1 is 1.22 bits per heavy atom. The van der Waals surface area contributed by atoms with E-state index >= 15 is 0 Å². The fourth-order valence-corrected chi connectivity index (χ4v) is 5.05. The third-order valence-corrected chi connectivity index (χ3v) is 6.80. The van der Waals surface area contributed by atoms with Gasteiger partial charge >= 0.3 is 0 Å². The number of hydrogen-bond donors (Lipinski definition) is 4. The van der Waals surface area contributed by atoms with Crippen LogP contribution in [-0.4, -0.2) is 75.2 Å². The van der Waals surface area contributed by atoms with Crippen molar-refractivity contribution >= 4 is 46.5 Å². The lowest BCUT2D eigenvalue weighted by atomic mass is 10.1. The zero-order valence-electron chi connectivity index (χ0n) is 20.5. The Labute approximate surface area is 224 Å². The molecule has 37 heavy (non-hydrogen) atoms. The van der Waals surface area contributed by atoms with E-state index in [1.54, 1.807) is 24.4 Å². The molecule has 1 saturated heterocycles. The molecule has 1 aliphatic rings. The first kappa shape index (κ1) is 27.2. The Bertz CT molecular complexity index is 1240. The first-order valence-corrected chi connectivity index (χ1v) is 13.2. The van der Waals surface area contributed by atoms with Gasteiger partial charge in [0.05, 0.1) is 24.5 Å². The standard InChI is InChI=1S/C25H29ClFN7O2S/c1-15-12-34(13-16(2)29-15)14-24(36)31-23-10-18(5-6-28-23)30-22-11-21(32-33-25(22)37-8-7-35)19-9-17(26)3-4-20(19)27/h3-6,9-11,15-16,29,35H,7-8,12-14H2,1-2H3,(H2,28,30,31,32,36)/t15-,16+. The largest absolute Gasteiger partial charge is 0.396 e. The molecule has 1 aliphatic heterocycles. The zero-order chi connectivity index (χ0) is 26.4. The predicted octanol–water partition coefficient (Wildman–Crippen LogP) is 3.78. The van der Waals surface area contributed by atoms with Gasteiger partial charge in [0.2, 0.25) is 5.91 Å². The number of aliphatic hydroxyl groups is 1. The summed E-state index contributed by atoms with van der Waals surface area (Å²) >= 11 is 7.37. The van der Waals surface area contributed by atoms with Crippen LogP contribution in [0.3, 0.4) is 0 Å². The van der Waals surface area contributed by atoms with Gasteiger partial charge < -0.3 is 21.1 Å². The Hall–Kier alpha value is -2.83. The van der Waals surface area contributed by atoms with E-state index in [1.807, 2.05) is 0 Å². The number of carbonyl (C=O) groups is 1. The van der Waals surface area contributed by atoms with Crippen LogP contribution in [0.4, 0.5) is 21.6 Å². The molecule has 0 saturated carbocycles. The summed E-state index contributed by atoms with van der Waals surface area (Å²) in [6, 6.07) is 10.0. The second-order valence-electron chi connectivity index (χ2n) is 8.91. The molecule has 3 heterocycles. The van der Waals surface area contributed by atoms with E-state index in [9.17, 15) is 14.3 Å². The molecule has 0 unspecified atom stereocenters. The number of nitrogens with zero attached hydrogens (tertiary/aromatic N) is 4. The van der Waals surface area contributed by atoms with Gasteiger partial charge in [-0.2, -0.15) is 0 Å². The van der Waals surface area contributed by atoms with Crippen molar-refractivity contribution in [1.82, 2.24) is 25.4 Å². The van der Waals surface area contributed by atoms with Crippen molar-refractivity contribution in [3.8, 4) is 11.3 Å². The quantitative estimate of drug-likeness (QED) is 0.298. The van der Waals surface area contributed by atoms with Crippen LogP contribution in [0.1, 0.15) is 13.8 Å². The maximum Gasteiger partial charge on any atom is 0.239 e. The van der Waals surface area contributed by atoms with Crippen molar-refractivity contribution < 1.29 is 14.3 Å². The summed E-state index contributed by atoms with van der Waals surface area (Å²) in [5.74, 6) is 0.200. The third kappa shape index (κ3) is 7.59. The van der Waals surface area contributed by atoms with Crippen LogP contribution >= 0.6 is 23.4 Å². The maximum absolute atomic E-state index is 14.5. The molecule has 0 bridgehead atoms. The molecule has 1 amide bonds. The topological polar surface area (TPSA) is 115 Å². The third-order valence-electron chi connectivity index (χ3n) is 5.60. The number of aromatic nitrogens is 3. The van der Waals surface area contributed by atoms with Gasteiger partial charge in [0.15, 0.2) is 0 Å². The second-order valence-corrected chi connectivity index (χ2v) is 10.4. The predicted molar refractivity (Wildman–Crippen MR) is 145 cm³/mol. The van der Waals surface area contributed by atoms with E-state index in [4.69, 9.17) is 11.6 Å². The number of benzene rings is 1. The molecular formula is C25H29ClFN7O2S. The van der Waals surface area contributed by atoms with Crippen LogP contribution in [0, 0.1) is 5.82 Å². The van der Waals surface area contributed by atoms with Gasteiger partial charge in [0.1, 0.15) is 16.7 Å². The molecule has 0 radical (unpaired) electrons. The lowest BCUT2D eigenvalue weighted by Gasteiger charge is -2.35. The van der Waals surface area contributed by atoms with Crippen LogP contribution in [0.25, 0.3) is 11.3 Å². The highest BCUT2D eigenvalue weighted by molar-refractivity contribution is 7.99. The van der Waals surface area contributed by atoms with Gasteiger partial charge in [-0.3, -0.25) is 9.69 Å². The van der Waals surface area contributed by atoms with Crippen LogP contribution in [0.5, 0.6) is 0 Å². The Morgan fingerprint density at radius 2 is 2.00 bits per heavy atom. The summed E-state index contributed by atoms with van der Waals surface area (Å²) in [6.45, 7) is 6.04. The lowest BCUT2D eigenvalue weighted by molar-refractivity contribution is -0.117. The minimum atomic E-state index is -0.470. The van der Waals surface area contributed by atoms with Gasteiger partial charge in [0, 0.05) is 59.5 Å². The molecule has 1 aromatic carbocycles. The number of hydrogen-bond acceptors (Lipinski definition) is 9. The minimum absolute atomic E-state index is 0.0352. The van der Waals surface area contributed by atoms with Crippen LogP contribution in [-0.2, 0) is 4.79 Å². The van der Waals surface area contributed by atoms with Crippen molar-refractivity contribution in [2.45, 2.75) is 31.0 Å². The number of pyridine rings is 1. The minimum Gasteiger partial charge on any atom is -0.396 e. The molecule has 196 valence electrons. The Morgan fingerprint density at radius 3 is 2.76 bits per heavy atom. The summed E-state index contributed by atoms with van der Waals surface area (Å²) in [6.07, 6.45) is 1.58. The Balaban J connectivity index is 1.51. The number of thioether (sulfide) groups is 1. The normalized spacial score (nSPS) is 18.0. The molecule has 0 spiro atoms. The van der Waals surface area contributed by atoms with E-state index in [2.05, 4.69) is 49.9 Å². The molecule has 9 nitrogen and oxygen atoms in total. The molecule has 2 aromatic heterocycles. The van der Waals surface area contributed by atoms with Crippen molar-refractivity contribution in [1.29, 1.82) is 0 Å². The van der Waals surface area contributed by atoms with Gasteiger partial charge in [-0.1, -0.05) is 11.6 Å².